The molecule has 0 aliphatic carbocycles. The van der Waals surface area contributed by atoms with E-state index in [1.807, 2.05) is 0 Å². The number of barbiturate groups is 1. The number of amides is 5. The molecule has 0 radical (unpaired) electrons. The third-order valence-electron chi connectivity index (χ3n) is 6.41. The second-order valence-electron chi connectivity index (χ2n) is 8.83. The van der Waals surface area contributed by atoms with Crippen molar-refractivity contribution in [1.82, 2.24) is 21.1 Å². The Labute approximate surface area is 187 Å². The van der Waals surface area contributed by atoms with Gasteiger partial charge in [-0.25, -0.2) is 9.18 Å². The van der Waals surface area contributed by atoms with Crippen LogP contribution in [0.4, 0.5) is 14.9 Å². The van der Waals surface area contributed by atoms with Crippen LogP contribution in [0.2, 0.25) is 0 Å². The molecule has 2 fully saturated rings. The van der Waals surface area contributed by atoms with Gasteiger partial charge in [0.05, 0.1) is 29.8 Å². The SMILES string of the molecule is CC(C)NC(=O)c1noc2c(F)c3c(cc12)CC1(C(=O)NC(=O)NC1=O)[C@H]1[C@H](C)OCCN31. The number of imide groups is 2. The topological polar surface area (TPSA) is 143 Å². The molecule has 33 heavy (non-hydrogen) atoms. The van der Waals surface area contributed by atoms with Crippen molar-refractivity contribution in [3.8, 4) is 0 Å². The number of ether oxygens (including phenoxy) is 1. The molecule has 3 aliphatic heterocycles. The van der Waals surface area contributed by atoms with Crippen molar-refractivity contribution in [2.45, 2.75) is 45.4 Å². The van der Waals surface area contributed by atoms with Crippen molar-refractivity contribution >= 4 is 40.4 Å². The molecular weight excluding hydrogens is 437 g/mol. The highest BCUT2D eigenvalue weighted by Gasteiger charge is 2.62. The van der Waals surface area contributed by atoms with Crippen LogP contribution in [0.25, 0.3) is 11.0 Å². The van der Waals surface area contributed by atoms with Gasteiger partial charge in [0.2, 0.25) is 17.4 Å². The lowest BCUT2D eigenvalue weighted by Crippen LogP contribution is -2.74. The second kappa shape index (κ2) is 7.24. The fourth-order valence-electron chi connectivity index (χ4n) is 5.16. The summed E-state index contributed by atoms with van der Waals surface area (Å²) in [6.07, 6.45) is -0.820. The number of nitrogens with zero attached hydrogens (tertiary/aromatic N) is 2. The Morgan fingerprint density at radius 3 is 2.67 bits per heavy atom. The molecule has 1 aromatic heterocycles. The number of halogens is 1. The van der Waals surface area contributed by atoms with Crippen LogP contribution in [0.15, 0.2) is 10.6 Å². The zero-order valence-corrected chi connectivity index (χ0v) is 18.2. The van der Waals surface area contributed by atoms with Gasteiger partial charge in [-0.2, -0.15) is 0 Å². The lowest BCUT2D eigenvalue weighted by molar-refractivity contribution is -0.151. The number of benzene rings is 1. The molecule has 0 bridgehead atoms. The Morgan fingerprint density at radius 1 is 1.30 bits per heavy atom. The van der Waals surface area contributed by atoms with Crippen molar-refractivity contribution in [2.24, 2.45) is 5.41 Å². The smallest absolute Gasteiger partial charge is 0.328 e. The van der Waals surface area contributed by atoms with Crippen molar-refractivity contribution in [1.29, 1.82) is 0 Å². The number of urea groups is 1. The lowest BCUT2D eigenvalue weighted by Gasteiger charge is -2.54. The highest BCUT2D eigenvalue weighted by Crippen LogP contribution is 2.48. The molecule has 2 aromatic rings. The number of hydrogen-bond donors (Lipinski definition) is 3. The van der Waals surface area contributed by atoms with Crippen molar-refractivity contribution < 1.29 is 32.8 Å². The molecule has 0 unspecified atom stereocenters. The van der Waals surface area contributed by atoms with E-state index in [1.165, 1.54) is 6.07 Å². The molecule has 4 heterocycles. The van der Waals surface area contributed by atoms with Crippen LogP contribution in [0.1, 0.15) is 36.8 Å². The van der Waals surface area contributed by atoms with Gasteiger partial charge < -0.3 is 19.5 Å². The number of carbonyl (C=O) groups is 4. The Kier molecular flexibility index (Phi) is 4.67. The van der Waals surface area contributed by atoms with E-state index in [2.05, 4.69) is 21.1 Å². The normalized spacial score (nSPS) is 23.9. The average molecular weight is 459 g/mol. The highest BCUT2D eigenvalue weighted by molar-refractivity contribution is 6.20. The Hall–Kier alpha value is -3.54. The predicted octanol–water partition coefficient (Wildman–Crippen LogP) is 0.607. The monoisotopic (exact) mass is 459 g/mol. The first-order valence-corrected chi connectivity index (χ1v) is 10.6. The fraction of sp³-hybridized carbons (Fsp3) is 0.476. The van der Waals surface area contributed by atoms with E-state index in [0.717, 1.165) is 0 Å². The van der Waals surface area contributed by atoms with Crippen LogP contribution in [0.5, 0.6) is 0 Å². The minimum Gasteiger partial charge on any atom is -0.374 e. The van der Waals surface area contributed by atoms with Gasteiger partial charge in [-0.05, 0) is 32.4 Å². The Morgan fingerprint density at radius 2 is 2.00 bits per heavy atom. The minimum atomic E-state index is -1.74. The highest BCUT2D eigenvalue weighted by atomic mass is 19.1. The molecule has 2 saturated heterocycles. The number of nitrogens with one attached hydrogen (secondary N) is 3. The summed E-state index contributed by atoms with van der Waals surface area (Å²) in [5.41, 5.74) is -1.54. The van der Waals surface area contributed by atoms with Gasteiger partial charge in [0.1, 0.15) is 0 Å². The molecule has 174 valence electrons. The summed E-state index contributed by atoms with van der Waals surface area (Å²) in [5.74, 6) is -2.83. The quantitative estimate of drug-likeness (QED) is 0.555. The van der Waals surface area contributed by atoms with E-state index in [1.54, 1.807) is 25.7 Å². The molecule has 11 nitrogen and oxygen atoms in total. The fourth-order valence-corrected chi connectivity index (χ4v) is 5.16. The summed E-state index contributed by atoms with van der Waals surface area (Å²) < 4.78 is 26.7. The van der Waals surface area contributed by atoms with Crippen molar-refractivity contribution in [3.05, 3.63) is 23.1 Å². The predicted molar refractivity (Wildman–Crippen MR) is 111 cm³/mol. The number of rotatable bonds is 2. The van der Waals surface area contributed by atoms with E-state index in [0.29, 0.717) is 5.56 Å². The van der Waals surface area contributed by atoms with Crippen LogP contribution in [-0.4, -0.2) is 60.2 Å². The van der Waals surface area contributed by atoms with Crippen molar-refractivity contribution in [2.75, 3.05) is 18.1 Å². The summed E-state index contributed by atoms with van der Waals surface area (Å²) in [6, 6.07) is -0.442. The Balaban J connectivity index is 1.72. The van der Waals surface area contributed by atoms with Crippen LogP contribution >= 0.6 is 0 Å². The average Bonchev–Trinajstić information content (AvgIpc) is 3.15. The van der Waals surface area contributed by atoms with Crippen LogP contribution in [0.3, 0.4) is 0 Å². The van der Waals surface area contributed by atoms with Gasteiger partial charge in [0, 0.05) is 19.0 Å². The Bertz CT molecular complexity index is 1200. The lowest BCUT2D eigenvalue weighted by atomic mass is 9.66. The van der Waals surface area contributed by atoms with Gasteiger partial charge in [0.25, 0.3) is 5.91 Å². The molecule has 5 amide bonds. The molecular formula is C21H22FN5O6. The third kappa shape index (κ3) is 2.93. The second-order valence-corrected chi connectivity index (χ2v) is 8.83. The van der Waals surface area contributed by atoms with Gasteiger partial charge in [-0.3, -0.25) is 25.0 Å². The number of aromatic nitrogens is 1. The summed E-state index contributed by atoms with van der Waals surface area (Å²) >= 11 is 0. The maximum absolute atomic E-state index is 15.8. The van der Waals surface area contributed by atoms with E-state index >= 15 is 4.39 Å². The van der Waals surface area contributed by atoms with Gasteiger partial charge in [-0.15, -0.1) is 0 Å². The van der Waals surface area contributed by atoms with Crippen LogP contribution in [-0.2, 0) is 20.7 Å². The summed E-state index contributed by atoms with van der Waals surface area (Å²) in [6.45, 7) is 5.68. The first-order chi connectivity index (χ1) is 15.6. The van der Waals surface area contributed by atoms with Gasteiger partial charge in [0.15, 0.2) is 16.9 Å². The van der Waals surface area contributed by atoms with Crippen molar-refractivity contribution in [3.63, 3.8) is 0 Å². The van der Waals surface area contributed by atoms with Gasteiger partial charge in [-0.1, -0.05) is 5.16 Å². The molecule has 3 aliphatic rings. The van der Waals surface area contributed by atoms with Gasteiger partial charge >= 0.3 is 6.03 Å². The number of hydrogen-bond acceptors (Lipinski definition) is 8. The van der Waals surface area contributed by atoms with Crippen LogP contribution < -0.4 is 20.9 Å². The summed E-state index contributed by atoms with van der Waals surface area (Å²) in [7, 11) is 0. The number of morpholine rings is 1. The maximum Gasteiger partial charge on any atom is 0.328 e. The molecule has 3 N–H and O–H groups in total. The first kappa shape index (κ1) is 21.3. The maximum atomic E-state index is 15.8. The molecule has 1 aromatic carbocycles. The van der Waals surface area contributed by atoms with Crippen LogP contribution in [0, 0.1) is 11.2 Å². The zero-order chi connectivity index (χ0) is 23.7. The summed E-state index contributed by atoms with van der Waals surface area (Å²) in [4.78, 5) is 52.2. The standard InChI is InChI=1S/C21H22FN5O6/c1-8(2)23-17(28)13-11-6-10-7-21(18(29)24-20(31)25-19(21)30)16-9(3)32-5-4-27(16)14(10)12(22)15(11)33-26-13/h6,8-9,16H,4-5,7H2,1-3H3,(H,23,28)(H2,24,25,29,30,31)/t9-,16+/m0/s1. The minimum absolute atomic E-state index is 0.0976. The zero-order valence-electron chi connectivity index (χ0n) is 18.2. The number of fused-ring (bicyclic) bond motifs is 5. The number of carbonyl (C=O) groups excluding carboxylic acids is 4. The molecule has 2 atom stereocenters. The summed E-state index contributed by atoms with van der Waals surface area (Å²) in [5, 5.41) is 10.9. The molecule has 12 heteroatoms. The third-order valence-corrected chi connectivity index (χ3v) is 6.41. The molecule has 0 saturated carbocycles. The van der Waals surface area contributed by atoms with E-state index in [9.17, 15) is 19.2 Å². The van der Waals surface area contributed by atoms with E-state index in [4.69, 9.17) is 9.26 Å². The first-order valence-electron chi connectivity index (χ1n) is 10.6. The number of anilines is 1. The molecule has 5 rings (SSSR count). The van der Waals surface area contributed by atoms with E-state index < -0.39 is 47.1 Å². The molecule has 1 spiro atoms. The van der Waals surface area contributed by atoms with E-state index in [-0.39, 0.29) is 48.0 Å². The largest absolute Gasteiger partial charge is 0.374 e.